The number of anilines is 9. The summed E-state index contributed by atoms with van der Waals surface area (Å²) in [7, 11) is 0. The van der Waals surface area contributed by atoms with Gasteiger partial charge < -0.3 is 28.4 Å². The number of rotatable bonds is 17. The lowest BCUT2D eigenvalue weighted by atomic mass is 9.81. The molecule has 0 atom stereocenters. The molecule has 6 nitrogen and oxygen atoms in total. The Balaban J connectivity index is 0.519. The van der Waals surface area contributed by atoms with Gasteiger partial charge in [-0.1, -0.05) is 301 Å². The maximum Gasteiger partial charge on any atom is 0.0541 e. The molecule has 0 saturated heterocycles. The van der Waals surface area contributed by atoms with Crippen molar-refractivity contribution in [3.8, 4) is 95.0 Å². The highest BCUT2D eigenvalue weighted by Gasteiger charge is 2.38. The van der Waals surface area contributed by atoms with Crippen LogP contribution in [0.2, 0.25) is 0 Å². The monoisotopic (exact) mass is 1690 g/mol. The zero-order valence-corrected chi connectivity index (χ0v) is 73.7. The molecule has 0 unspecified atom stereocenters. The third-order valence-electron chi connectivity index (χ3n) is 28.3. The summed E-state index contributed by atoms with van der Waals surface area (Å²) in [4.78, 5) is 7.13. The molecular weight excluding hydrogens is 1600 g/mol. The molecule has 0 amide bonds. The van der Waals surface area contributed by atoms with E-state index in [-0.39, 0.29) is 10.8 Å². The zero-order chi connectivity index (χ0) is 87.9. The molecule has 132 heavy (non-hydrogen) atoms. The fourth-order valence-corrected chi connectivity index (χ4v) is 21.6. The largest absolute Gasteiger partial charge is 0.311 e. The summed E-state index contributed by atoms with van der Waals surface area (Å²) in [5.41, 5.74) is 42.0. The molecule has 23 aromatic rings. The Bertz CT molecular complexity index is 8090. The number of fused-ring (bicyclic) bond motifs is 15. The van der Waals surface area contributed by atoms with Gasteiger partial charge in [-0.2, -0.15) is 0 Å². The van der Waals surface area contributed by atoms with Crippen molar-refractivity contribution in [2.45, 2.75) is 38.5 Å². The molecule has 6 heteroatoms. The Hall–Kier alpha value is -16.8. The van der Waals surface area contributed by atoms with Crippen molar-refractivity contribution in [3.05, 3.63) is 495 Å². The van der Waals surface area contributed by atoms with E-state index < -0.39 is 0 Å². The quantitative estimate of drug-likeness (QED) is 0.0908. The Kier molecular flexibility index (Phi) is 18.2. The van der Waals surface area contributed by atoms with Crippen LogP contribution < -0.4 is 14.7 Å². The minimum atomic E-state index is -0.324. The minimum Gasteiger partial charge on any atom is -0.311 e. The van der Waals surface area contributed by atoms with E-state index in [0.717, 1.165) is 118 Å². The fraction of sp³-hybridized carbons (Fsp3) is 0.0476. The molecule has 0 N–H and O–H groups in total. The van der Waals surface area contributed by atoms with Gasteiger partial charge in [-0.05, 0) is 300 Å². The Morgan fingerprint density at radius 1 is 0.152 bits per heavy atom. The van der Waals surface area contributed by atoms with Gasteiger partial charge in [-0.25, -0.2) is 0 Å². The topological polar surface area (TPSA) is 24.5 Å². The smallest absolute Gasteiger partial charge is 0.0541 e. The SMILES string of the molecule is CC1(C)c2cc(-c3ccc(N(c4ccccc4)c4ccc(-c5ccc6c(c5)c5cc(-c7ccc(N(c8ccccc8)c8ccccc8)cc7)ccc5n6-c5ccc6c(c5)C(C)(C)c5ccccc5-6)cc4)cc3)ccc2-c2ccc(N(c3ccc(-c4ccc(-n5c6ccccc6c6ccccc65)cc4)cc3)c3ccc(-c4ccc(-n5c6ccccc6c6ccccc65)cc4)cc3)cc21. The van der Waals surface area contributed by atoms with Crippen LogP contribution in [0.5, 0.6) is 0 Å². The van der Waals surface area contributed by atoms with Crippen LogP contribution in [0, 0.1) is 0 Å². The maximum absolute atomic E-state index is 2.49. The van der Waals surface area contributed by atoms with Crippen LogP contribution in [0.25, 0.3) is 160 Å². The average molecular weight is 1690 g/mol. The minimum absolute atomic E-state index is 0.151. The molecule has 0 bridgehead atoms. The van der Waals surface area contributed by atoms with Crippen LogP contribution in [0.1, 0.15) is 49.9 Å². The number of aromatic nitrogens is 3. The van der Waals surface area contributed by atoms with Crippen LogP contribution in [-0.4, -0.2) is 13.7 Å². The standard InChI is InChI=1S/C126H90N6/c1-125(2)115-35-19-14-30-105(115)107-75-72-104(82-117(107)125)132-123-76-55-90(87-48-61-96(62-49-87)127(93-24-8-5-9-25-93)94-26-10-6-11-27-94)78-113(123)114-79-91(56-77-124(114)132)88-50-63-97(64-51-88)128(95-28-12-7-13-29-95)98-65-52-89(53-66-98)92-54-73-106-108-74-71-103(81-118(108)126(3,4)116(106)80-92)129(99-57-40-83(41-58-99)85-44-67-101(68-45-85)130-119-36-20-15-31-109(119)110-32-16-21-37-120(110)130)100-59-42-84(43-60-100)86-46-69-102(70-47-86)131-121-38-22-17-33-111(121)112-34-18-23-39-122(112)131/h5-82H,1-4H3. The van der Waals surface area contributed by atoms with Crippen molar-refractivity contribution >= 4 is 117 Å². The van der Waals surface area contributed by atoms with Gasteiger partial charge in [-0.3, -0.25) is 0 Å². The highest BCUT2D eigenvalue weighted by Crippen LogP contribution is 2.55. The van der Waals surface area contributed by atoms with Gasteiger partial charge in [0.25, 0.3) is 0 Å². The van der Waals surface area contributed by atoms with E-state index >= 15 is 0 Å². The summed E-state index contributed by atoms with van der Waals surface area (Å²) in [6.07, 6.45) is 0. The zero-order valence-electron chi connectivity index (χ0n) is 73.7. The lowest BCUT2D eigenvalue weighted by molar-refractivity contribution is 0.660. The molecular formula is C126H90N6. The van der Waals surface area contributed by atoms with Gasteiger partial charge in [0.1, 0.15) is 0 Å². The van der Waals surface area contributed by atoms with Crippen LogP contribution in [0.15, 0.2) is 473 Å². The molecule has 3 aromatic heterocycles. The Labute approximate surface area is 768 Å². The van der Waals surface area contributed by atoms with E-state index in [2.05, 4.69) is 529 Å². The summed E-state index contributed by atoms with van der Waals surface area (Å²) in [5.74, 6) is 0. The van der Waals surface area contributed by atoms with Gasteiger partial charge in [0.2, 0.25) is 0 Å². The first-order valence-electron chi connectivity index (χ1n) is 45.8. The van der Waals surface area contributed by atoms with E-state index in [9.17, 15) is 0 Å². The second kappa shape index (κ2) is 31.0. The second-order valence-corrected chi connectivity index (χ2v) is 36.4. The van der Waals surface area contributed by atoms with E-state index in [1.807, 2.05) is 0 Å². The number of hydrogen-bond acceptors (Lipinski definition) is 3. The summed E-state index contributed by atoms with van der Waals surface area (Å²) >= 11 is 0. The highest BCUT2D eigenvalue weighted by molar-refractivity contribution is 6.13. The number of para-hydroxylation sites is 7. The molecule has 2 aliphatic rings. The predicted molar refractivity (Wildman–Crippen MR) is 556 cm³/mol. The summed E-state index contributed by atoms with van der Waals surface area (Å²) < 4.78 is 7.26. The molecule has 0 spiro atoms. The molecule has 0 fully saturated rings. The van der Waals surface area contributed by atoms with Crippen molar-refractivity contribution in [2.75, 3.05) is 14.7 Å². The molecule has 2 aliphatic carbocycles. The molecule has 0 aliphatic heterocycles. The molecule has 0 radical (unpaired) electrons. The average Bonchev–Trinajstić information content (AvgIpc) is 1.57. The van der Waals surface area contributed by atoms with Crippen LogP contribution in [0.4, 0.5) is 51.2 Å². The van der Waals surface area contributed by atoms with Gasteiger partial charge in [-0.15, -0.1) is 0 Å². The fourth-order valence-electron chi connectivity index (χ4n) is 21.6. The molecule has 0 saturated carbocycles. The molecule has 20 aromatic carbocycles. The van der Waals surface area contributed by atoms with E-state index in [1.54, 1.807) is 0 Å². The van der Waals surface area contributed by atoms with E-state index in [4.69, 9.17) is 0 Å². The van der Waals surface area contributed by atoms with Crippen molar-refractivity contribution in [3.63, 3.8) is 0 Å². The van der Waals surface area contributed by atoms with Crippen molar-refractivity contribution in [1.29, 1.82) is 0 Å². The lowest BCUT2D eigenvalue weighted by Gasteiger charge is -2.28. The van der Waals surface area contributed by atoms with Crippen LogP contribution >= 0.6 is 0 Å². The van der Waals surface area contributed by atoms with Crippen LogP contribution in [0.3, 0.4) is 0 Å². The first kappa shape index (κ1) is 77.5. The second-order valence-electron chi connectivity index (χ2n) is 36.4. The first-order valence-corrected chi connectivity index (χ1v) is 45.8. The maximum atomic E-state index is 2.49. The van der Waals surface area contributed by atoms with Gasteiger partial charge >= 0.3 is 0 Å². The van der Waals surface area contributed by atoms with Crippen molar-refractivity contribution < 1.29 is 0 Å². The third-order valence-corrected chi connectivity index (χ3v) is 28.3. The Morgan fingerprint density at radius 3 is 0.780 bits per heavy atom. The van der Waals surface area contributed by atoms with Crippen LogP contribution in [-0.2, 0) is 10.8 Å². The normalized spacial score (nSPS) is 12.8. The number of nitrogens with zero attached hydrogens (tertiary/aromatic N) is 6. The summed E-state index contributed by atoms with van der Waals surface area (Å²) in [6, 6.07) is 175. The lowest BCUT2D eigenvalue weighted by Crippen LogP contribution is -2.16. The molecule has 3 heterocycles. The van der Waals surface area contributed by atoms with Crippen molar-refractivity contribution in [1.82, 2.24) is 13.7 Å². The number of benzene rings is 20. The summed E-state index contributed by atoms with van der Waals surface area (Å²) in [6.45, 7) is 9.55. The van der Waals surface area contributed by atoms with E-state index in [1.165, 1.54) is 115 Å². The first-order chi connectivity index (χ1) is 64.9. The Morgan fingerprint density at radius 2 is 0.386 bits per heavy atom. The summed E-state index contributed by atoms with van der Waals surface area (Å²) in [5, 5.41) is 7.44. The predicted octanol–water partition coefficient (Wildman–Crippen LogP) is 34.3. The third kappa shape index (κ3) is 12.8. The van der Waals surface area contributed by atoms with Gasteiger partial charge in [0.15, 0.2) is 0 Å². The number of hydrogen-bond donors (Lipinski definition) is 0. The molecule has 25 rings (SSSR count). The highest BCUT2D eigenvalue weighted by atomic mass is 15.2. The van der Waals surface area contributed by atoms with Gasteiger partial charge in [0, 0.05) is 111 Å². The van der Waals surface area contributed by atoms with Gasteiger partial charge in [0.05, 0.1) is 33.1 Å². The van der Waals surface area contributed by atoms with E-state index in [0.29, 0.717) is 0 Å². The van der Waals surface area contributed by atoms with Crippen molar-refractivity contribution in [2.24, 2.45) is 0 Å². The molecule has 624 valence electrons.